The molecule has 2 amide bonds. The van der Waals surface area contributed by atoms with Crippen LogP contribution in [0, 0.1) is 5.92 Å². The average Bonchev–Trinajstić information content (AvgIpc) is 3.48. The van der Waals surface area contributed by atoms with E-state index in [1.165, 1.54) is 0 Å². The van der Waals surface area contributed by atoms with Gasteiger partial charge in [-0.25, -0.2) is 0 Å². The third-order valence-electron chi connectivity index (χ3n) is 5.09. The maximum atomic E-state index is 12.5. The zero-order valence-corrected chi connectivity index (χ0v) is 16.8. The first kappa shape index (κ1) is 20.5. The van der Waals surface area contributed by atoms with E-state index in [1.54, 1.807) is 6.07 Å². The molecule has 2 aliphatic rings. The smallest absolute Gasteiger partial charge is 0.238 e. The third-order valence-corrected chi connectivity index (χ3v) is 5.09. The molecule has 1 saturated heterocycles. The highest BCUT2D eigenvalue weighted by molar-refractivity contribution is 5.94. The minimum atomic E-state index is -0.0875. The zero-order chi connectivity index (χ0) is 19.9. The summed E-state index contributed by atoms with van der Waals surface area (Å²) in [7, 11) is 0. The van der Waals surface area contributed by atoms with Crippen molar-refractivity contribution in [3.05, 3.63) is 18.2 Å². The number of amides is 2. The van der Waals surface area contributed by atoms with Gasteiger partial charge in [0, 0.05) is 18.0 Å². The van der Waals surface area contributed by atoms with Gasteiger partial charge < -0.3 is 20.1 Å². The number of hydrogen-bond donors (Lipinski definition) is 2. The summed E-state index contributed by atoms with van der Waals surface area (Å²) in [5.74, 6) is 1.50. The summed E-state index contributed by atoms with van der Waals surface area (Å²) in [5, 5.41) is 6.03. The number of likely N-dealkylation sites (tertiary alicyclic amines) is 1. The number of ether oxygens (including phenoxy) is 2. The van der Waals surface area contributed by atoms with Crippen LogP contribution >= 0.6 is 0 Å². The summed E-state index contributed by atoms with van der Waals surface area (Å²) in [4.78, 5) is 26.8. The predicted molar refractivity (Wildman–Crippen MR) is 108 cm³/mol. The molecular weight excluding hydrogens is 358 g/mol. The molecule has 2 N–H and O–H groups in total. The van der Waals surface area contributed by atoms with E-state index in [-0.39, 0.29) is 17.7 Å². The Kier molecular flexibility index (Phi) is 7.14. The SMILES string of the molecule is CCOc1ccc(OCC)c(NC(=O)CN2CCC(C(=O)NC3CC3)CC2)c1. The van der Waals surface area contributed by atoms with Crippen molar-refractivity contribution in [2.75, 3.05) is 38.2 Å². The molecule has 1 aromatic carbocycles. The number of anilines is 1. The zero-order valence-electron chi connectivity index (χ0n) is 16.8. The minimum absolute atomic E-state index is 0.0762. The molecule has 154 valence electrons. The van der Waals surface area contributed by atoms with Gasteiger partial charge >= 0.3 is 0 Å². The lowest BCUT2D eigenvalue weighted by Gasteiger charge is -2.30. The van der Waals surface area contributed by atoms with Crippen LogP contribution in [-0.2, 0) is 9.59 Å². The van der Waals surface area contributed by atoms with Crippen LogP contribution in [0.15, 0.2) is 18.2 Å². The molecule has 3 rings (SSSR count). The summed E-state index contributed by atoms with van der Waals surface area (Å²) in [5.41, 5.74) is 0.622. The van der Waals surface area contributed by atoms with Gasteiger partial charge in [-0.3, -0.25) is 14.5 Å². The van der Waals surface area contributed by atoms with E-state index in [1.807, 2.05) is 26.0 Å². The van der Waals surface area contributed by atoms with E-state index in [0.29, 0.717) is 43.0 Å². The molecule has 0 aromatic heterocycles. The normalized spacial score (nSPS) is 17.8. The Bertz CT molecular complexity index is 682. The number of nitrogens with one attached hydrogen (secondary N) is 2. The Labute approximate surface area is 166 Å². The van der Waals surface area contributed by atoms with Gasteiger partial charge in [-0.05, 0) is 64.8 Å². The van der Waals surface area contributed by atoms with Gasteiger partial charge in [0.15, 0.2) is 0 Å². The third kappa shape index (κ3) is 5.86. The van der Waals surface area contributed by atoms with Crippen LogP contribution in [0.3, 0.4) is 0 Å². The van der Waals surface area contributed by atoms with Crippen LogP contribution in [0.4, 0.5) is 5.69 Å². The lowest BCUT2D eigenvalue weighted by atomic mass is 9.96. The second kappa shape index (κ2) is 9.78. The lowest BCUT2D eigenvalue weighted by molar-refractivity contribution is -0.126. The highest BCUT2D eigenvalue weighted by Gasteiger charge is 2.30. The van der Waals surface area contributed by atoms with Crippen LogP contribution in [0.25, 0.3) is 0 Å². The maximum Gasteiger partial charge on any atom is 0.238 e. The largest absolute Gasteiger partial charge is 0.494 e. The number of benzene rings is 1. The van der Waals surface area contributed by atoms with Gasteiger partial charge in [-0.1, -0.05) is 0 Å². The molecule has 7 nitrogen and oxygen atoms in total. The number of piperidine rings is 1. The highest BCUT2D eigenvalue weighted by Crippen LogP contribution is 2.29. The maximum absolute atomic E-state index is 12.5. The molecule has 1 aromatic rings. The second-order valence-corrected chi connectivity index (χ2v) is 7.41. The molecule has 0 spiro atoms. The molecule has 1 saturated carbocycles. The monoisotopic (exact) mass is 389 g/mol. The Morgan fingerprint density at radius 3 is 2.43 bits per heavy atom. The summed E-state index contributed by atoms with van der Waals surface area (Å²) in [6.07, 6.45) is 3.82. The molecule has 1 aliphatic heterocycles. The summed E-state index contributed by atoms with van der Waals surface area (Å²) in [6, 6.07) is 5.85. The quantitative estimate of drug-likeness (QED) is 0.678. The molecule has 0 radical (unpaired) electrons. The van der Waals surface area contributed by atoms with Crippen molar-refractivity contribution >= 4 is 17.5 Å². The van der Waals surface area contributed by atoms with Gasteiger partial charge in [0.2, 0.25) is 11.8 Å². The topological polar surface area (TPSA) is 79.9 Å². The Morgan fingerprint density at radius 1 is 1.07 bits per heavy atom. The number of nitrogens with zero attached hydrogens (tertiary/aromatic N) is 1. The van der Waals surface area contributed by atoms with Crippen molar-refractivity contribution in [2.45, 2.75) is 45.6 Å². The molecule has 0 unspecified atom stereocenters. The summed E-state index contributed by atoms with van der Waals surface area (Å²) >= 11 is 0. The van der Waals surface area contributed by atoms with Crippen LogP contribution in [0.1, 0.15) is 39.5 Å². The van der Waals surface area contributed by atoms with Crippen LogP contribution < -0.4 is 20.1 Å². The number of carbonyl (C=O) groups excluding carboxylic acids is 2. The molecule has 0 bridgehead atoms. The molecular formula is C21H31N3O4. The van der Waals surface area contributed by atoms with E-state index < -0.39 is 0 Å². The first-order valence-corrected chi connectivity index (χ1v) is 10.3. The second-order valence-electron chi connectivity index (χ2n) is 7.41. The van der Waals surface area contributed by atoms with E-state index in [2.05, 4.69) is 15.5 Å². The van der Waals surface area contributed by atoms with Gasteiger partial charge in [0.25, 0.3) is 0 Å². The van der Waals surface area contributed by atoms with Crippen LogP contribution in [0.2, 0.25) is 0 Å². The standard InChI is InChI=1S/C21H31N3O4/c1-3-27-17-7-8-19(28-4-2)18(13-17)23-20(25)14-24-11-9-15(10-12-24)21(26)22-16-5-6-16/h7-8,13,15-16H,3-6,9-12,14H2,1-2H3,(H,22,26)(H,23,25). The van der Waals surface area contributed by atoms with Crippen LogP contribution in [0.5, 0.6) is 11.5 Å². The van der Waals surface area contributed by atoms with E-state index in [0.717, 1.165) is 38.8 Å². The molecule has 0 atom stereocenters. The van der Waals surface area contributed by atoms with Crippen molar-refractivity contribution in [2.24, 2.45) is 5.92 Å². The van der Waals surface area contributed by atoms with Crippen molar-refractivity contribution < 1.29 is 19.1 Å². The predicted octanol–water partition coefficient (Wildman–Crippen LogP) is 2.41. The lowest BCUT2D eigenvalue weighted by Crippen LogP contribution is -2.43. The number of hydrogen-bond acceptors (Lipinski definition) is 5. The average molecular weight is 389 g/mol. The molecule has 2 fully saturated rings. The van der Waals surface area contributed by atoms with Crippen molar-refractivity contribution in [3.63, 3.8) is 0 Å². The first-order chi connectivity index (χ1) is 13.6. The number of rotatable bonds is 9. The van der Waals surface area contributed by atoms with E-state index in [4.69, 9.17) is 9.47 Å². The fourth-order valence-electron chi connectivity index (χ4n) is 3.44. The first-order valence-electron chi connectivity index (χ1n) is 10.3. The van der Waals surface area contributed by atoms with Gasteiger partial charge in [0.1, 0.15) is 11.5 Å². The Balaban J connectivity index is 1.50. The van der Waals surface area contributed by atoms with Crippen molar-refractivity contribution in [1.82, 2.24) is 10.2 Å². The van der Waals surface area contributed by atoms with E-state index in [9.17, 15) is 9.59 Å². The van der Waals surface area contributed by atoms with Crippen LogP contribution in [-0.4, -0.2) is 55.6 Å². The Morgan fingerprint density at radius 2 is 1.79 bits per heavy atom. The molecule has 1 heterocycles. The van der Waals surface area contributed by atoms with Crippen molar-refractivity contribution in [3.8, 4) is 11.5 Å². The molecule has 7 heteroatoms. The van der Waals surface area contributed by atoms with E-state index >= 15 is 0 Å². The fourth-order valence-corrected chi connectivity index (χ4v) is 3.44. The fraction of sp³-hybridized carbons (Fsp3) is 0.619. The number of carbonyl (C=O) groups is 2. The highest BCUT2D eigenvalue weighted by atomic mass is 16.5. The summed E-state index contributed by atoms with van der Waals surface area (Å²) in [6.45, 7) is 6.73. The Hall–Kier alpha value is -2.28. The van der Waals surface area contributed by atoms with Gasteiger partial charge in [0.05, 0.1) is 25.4 Å². The van der Waals surface area contributed by atoms with Gasteiger partial charge in [-0.2, -0.15) is 0 Å². The summed E-state index contributed by atoms with van der Waals surface area (Å²) < 4.78 is 11.1. The molecule has 28 heavy (non-hydrogen) atoms. The van der Waals surface area contributed by atoms with Gasteiger partial charge in [-0.15, -0.1) is 0 Å². The molecule has 1 aliphatic carbocycles. The minimum Gasteiger partial charge on any atom is -0.494 e. The van der Waals surface area contributed by atoms with Crippen molar-refractivity contribution in [1.29, 1.82) is 0 Å².